The number of hydrogen-bond acceptors (Lipinski definition) is 4. The van der Waals surface area contributed by atoms with Crippen molar-refractivity contribution in [1.82, 2.24) is 19.7 Å². The number of pyridine rings is 1. The maximum Gasteiger partial charge on any atom is 0.272 e. The third-order valence-electron chi connectivity index (χ3n) is 4.53. The minimum atomic E-state index is -0.131. The average Bonchev–Trinajstić information content (AvgIpc) is 2.65. The number of nitrogens with zero attached hydrogens (tertiary/aromatic N) is 4. The molecule has 2 amide bonds. The average molecular weight is 332 g/mol. The Hall–Kier alpha value is -1.95. The number of rotatable bonds is 6. The van der Waals surface area contributed by atoms with Crippen molar-refractivity contribution >= 4 is 11.8 Å². The third kappa shape index (κ3) is 4.54. The number of hydrogen-bond donors (Lipinski definition) is 0. The molecule has 0 spiro atoms. The second kappa shape index (κ2) is 8.78. The van der Waals surface area contributed by atoms with Crippen molar-refractivity contribution in [1.29, 1.82) is 0 Å². The lowest BCUT2D eigenvalue weighted by atomic mass is 10.1. The Kier molecular flexibility index (Phi) is 6.73. The second-order valence-corrected chi connectivity index (χ2v) is 6.24. The molecule has 0 bridgehead atoms. The highest BCUT2D eigenvalue weighted by molar-refractivity contribution is 5.98. The van der Waals surface area contributed by atoms with Crippen LogP contribution in [0.3, 0.4) is 0 Å². The van der Waals surface area contributed by atoms with E-state index in [1.165, 1.54) is 0 Å². The van der Waals surface area contributed by atoms with Crippen molar-refractivity contribution in [3.05, 3.63) is 29.6 Å². The van der Waals surface area contributed by atoms with Gasteiger partial charge in [0.1, 0.15) is 5.69 Å². The smallest absolute Gasteiger partial charge is 0.272 e. The lowest BCUT2D eigenvalue weighted by molar-refractivity contribution is 0.0643. The lowest BCUT2D eigenvalue weighted by Crippen LogP contribution is -2.48. The zero-order chi connectivity index (χ0) is 17.5. The number of carbonyl (C=O) groups is 2. The van der Waals surface area contributed by atoms with Crippen molar-refractivity contribution in [3.63, 3.8) is 0 Å². The molecule has 0 N–H and O–H groups in total. The first kappa shape index (κ1) is 18.4. The van der Waals surface area contributed by atoms with Crippen LogP contribution in [0.1, 0.15) is 47.5 Å². The molecule has 0 unspecified atom stereocenters. The summed E-state index contributed by atoms with van der Waals surface area (Å²) in [5.41, 5.74) is 0.883. The van der Waals surface area contributed by atoms with E-state index < -0.39 is 0 Å². The van der Waals surface area contributed by atoms with Crippen molar-refractivity contribution in [3.8, 4) is 0 Å². The molecular formula is C18H28N4O2. The summed E-state index contributed by atoms with van der Waals surface area (Å²) < 4.78 is 0. The third-order valence-corrected chi connectivity index (χ3v) is 4.53. The van der Waals surface area contributed by atoms with Crippen molar-refractivity contribution in [2.24, 2.45) is 0 Å². The Morgan fingerprint density at radius 1 is 1.21 bits per heavy atom. The summed E-state index contributed by atoms with van der Waals surface area (Å²) in [6, 6.07) is 3.32. The van der Waals surface area contributed by atoms with E-state index in [1.807, 2.05) is 4.90 Å². The van der Waals surface area contributed by atoms with Crippen LogP contribution in [0.25, 0.3) is 0 Å². The fourth-order valence-electron chi connectivity index (χ4n) is 2.82. The van der Waals surface area contributed by atoms with Crippen LogP contribution in [0.4, 0.5) is 0 Å². The topological polar surface area (TPSA) is 56.8 Å². The largest absolute Gasteiger partial charge is 0.340 e. The normalized spacial score (nSPS) is 15.4. The Morgan fingerprint density at radius 3 is 2.54 bits per heavy atom. The van der Waals surface area contributed by atoms with Gasteiger partial charge in [-0.2, -0.15) is 0 Å². The number of unbranched alkanes of at least 4 members (excludes halogenated alkanes) is 1. The SMILES string of the molecule is CCCCN(C)C(=O)c1cc(C(=O)N2CCN(CC)CC2)ccn1. The Labute approximate surface area is 144 Å². The highest BCUT2D eigenvalue weighted by Crippen LogP contribution is 2.11. The van der Waals surface area contributed by atoms with Gasteiger partial charge >= 0.3 is 0 Å². The van der Waals surface area contributed by atoms with Crippen LogP contribution in [0.5, 0.6) is 0 Å². The molecule has 0 aliphatic carbocycles. The molecule has 1 aliphatic heterocycles. The molecule has 0 atom stereocenters. The summed E-state index contributed by atoms with van der Waals surface area (Å²) in [4.78, 5) is 35.1. The molecule has 24 heavy (non-hydrogen) atoms. The van der Waals surface area contributed by atoms with Crippen LogP contribution in [0.15, 0.2) is 18.3 Å². The van der Waals surface area contributed by atoms with Gasteiger partial charge in [-0.05, 0) is 25.1 Å². The van der Waals surface area contributed by atoms with E-state index in [0.29, 0.717) is 17.8 Å². The zero-order valence-electron chi connectivity index (χ0n) is 15.0. The van der Waals surface area contributed by atoms with Gasteiger partial charge in [-0.3, -0.25) is 14.6 Å². The first-order chi connectivity index (χ1) is 11.6. The predicted octanol–water partition coefficient (Wildman–Crippen LogP) is 1.73. The molecule has 1 aromatic heterocycles. The lowest BCUT2D eigenvalue weighted by Gasteiger charge is -2.34. The molecule has 2 rings (SSSR count). The molecular weight excluding hydrogens is 304 g/mol. The Morgan fingerprint density at radius 2 is 1.92 bits per heavy atom. The molecule has 1 saturated heterocycles. The molecule has 1 aliphatic rings. The van der Waals surface area contributed by atoms with Gasteiger partial charge in [-0.15, -0.1) is 0 Å². The Balaban J connectivity index is 2.04. The highest BCUT2D eigenvalue weighted by atomic mass is 16.2. The van der Waals surface area contributed by atoms with E-state index in [0.717, 1.165) is 45.6 Å². The van der Waals surface area contributed by atoms with Gasteiger partial charge in [0, 0.05) is 51.5 Å². The molecule has 1 aromatic rings. The van der Waals surface area contributed by atoms with E-state index >= 15 is 0 Å². The zero-order valence-corrected chi connectivity index (χ0v) is 15.0. The van der Waals surface area contributed by atoms with Crippen LogP contribution < -0.4 is 0 Å². The number of carbonyl (C=O) groups excluding carboxylic acids is 2. The van der Waals surface area contributed by atoms with E-state index in [-0.39, 0.29) is 11.8 Å². The maximum absolute atomic E-state index is 12.7. The molecule has 2 heterocycles. The molecule has 0 radical (unpaired) electrons. The van der Waals surface area contributed by atoms with Gasteiger partial charge in [-0.25, -0.2) is 0 Å². The standard InChI is InChI=1S/C18H28N4O2/c1-4-6-9-20(3)18(24)16-14-15(7-8-19-16)17(23)22-12-10-21(5-2)11-13-22/h7-8,14H,4-6,9-13H2,1-3H3. The van der Waals surface area contributed by atoms with Crippen molar-refractivity contribution in [2.45, 2.75) is 26.7 Å². The van der Waals surface area contributed by atoms with Crippen LogP contribution >= 0.6 is 0 Å². The van der Waals surface area contributed by atoms with Gasteiger partial charge in [-0.1, -0.05) is 20.3 Å². The maximum atomic E-state index is 12.7. The second-order valence-electron chi connectivity index (χ2n) is 6.24. The number of aromatic nitrogens is 1. The van der Waals surface area contributed by atoms with Crippen LogP contribution in [0.2, 0.25) is 0 Å². The molecule has 0 saturated carbocycles. The van der Waals surface area contributed by atoms with E-state index in [4.69, 9.17) is 0 Å². The first-order valence-electron chi connectivity index (χ1n) is 8.80. The Bertz CT molecular complexity index is 568. The van der Waals surface area contributed by atoms with Crippen LogP contribution in [-0.4, -0.2) is 77.8 Å². The number of likely N-dealkylation sites (N-methyl/N-ethyl adjacent to an activating group) is 1. The molecule has 132 valence electrons. The minimum absolute atomic E-state index is 0.0154. The summed E-state index contributed by atoms with van der Waals surface area (Å²) in [7, 11) is 1.78. The minimum Gasteiger partial charge on any atom is -0.340 e. The van der Waals surface area contributed by atoms with Crippen LogP contribution in [-0.2, 0) is 0 Å². The van der Waals surface area contributed by atoms with Crippen molar-refractivity contribution < 1.29 is 9.59 Å². The summed E-state index contributed by atoms with van der Waals surface area (Å²) in [5, 5.41) is 0. The number of piperazine rings is 1. The fourth-order valence-corrected chi connectivity index (χ4v) is 2.82. The number of amides is 2. The molecule has 6 nitrogen and oxygen atoms in total. The van der Waals surface area contributed by atoms with Crippen LogP contribution in [0, 0.1) is 0 Å². The van der Waals surface area contributed by atoms with Crippen molar-refractivity contribution in [2.75, 3.05) is 46.3 Å². The van der Waals surface area contributed by atoms with Gasteiger partial charge in [0.2, 0.25) is 0 Å². The van der Waals surface area contributed by atoms with Gasteiger partial charge in [0.25, 0.3) is 11.8 Å². The van der Waals surface area contributed by atoms with E-state index in [1.54, 1.807) is 30.3 Å². The first-order valence-corrected chi connectivity index (χ1v) is 8.80. The van der Waals surface area contributed by atoms with E-state index in [2.05, 4.69) is 23.7 Å². The monoisotopic (exact) mass is 332 g/mol. The summed E-state index contributed by atoms with van der Waals surface area (Å²) in [5.74, 6) is -0.146. The summed E-state index contributed by atoms with van der Waals surface area (Å²) in [6.45, 7) is 9.21. The van der Waals surface area contributed by atoms with Gasteiger partial charge in [0.15, 0.2) is 0 Å². The molecule has 1 fully saturated rings. The van der Waals surface area contributed by atoms with E-state index in [9.17, 15) is 9.59 Å². The molecule has 6 heteroatoms. The summed E-state index contributed by atoms with van der Waals surface area (Å²) in [6.07, 6.45) is 3.55. The van der Waals surface area contributed by atoms with Gasteiger partial charge < -0.3 is 14.7 Å². The fraction of sp³-hybridized carbons (Fsp3) is 0.611. The molecule has 0 aromatic carbocycles. The quantitative estimate of drug-likeness (QED) is 0.796. The summed E-state index contributed by atoms with van der Waals surface area (Å²) >= 11 is 0. The predicted molar refractivity (Wildman–Crippen MR) is 94.1 cm³/mol. The highest BCUT2D eigenvalue weighted by Gasteiger charge is 2.22. The van der Waals surface area contributed by atoms with Gasteiger partial charge in [0.05, 0.1) is 0 Å².